The van der Waals surface area contributed by atoms with Crippen molar-refractivity contribution in [2.75, 3.05) is 32.4 Å². The molecule has 0 spiro atoms. The summed E-state index contributed by atoms with van der Waals surface area (Å²) in [5.74, 6) is 0.871. The second kappa shape index (κ2) is 15.6. The fourth-order valence-electron chi connectivity index (χ4n) is 4.94. The highest BCUT2D eigenvalue weighted by Gasteiger charge is 2.35. The number of benzene rings is 1. The summed E-state index contributed by atoms with van der Waals surface area (Å²) >= 11 is 6.34. The van der Waals surface area contributed by atoms with Gasteiger partial charge in [0.15, 0.2) is 0 Å². The lowest BCUT2D eigenvalue weighted by molar-refractivity contribution is 0.265. The first kappa shape index (κ1) is 31.5. The largest absolute Gasteiger partial charge is 0.317 e. The number of sulfonamides is 1. The van der Waals surface area contributed by atoms with E-state index in [9.17, 15) is 8.42 Å². The summed E-state index contributed by atoms with van der Waals surface area (Å²) in [6.07, 6.45) is 13.9. The molecule has 7 heteroatoms. The molecule has 0 aromatic heterocycles. The van der Waals surface area contributed by atoms with E-state index >= 15 is 0 Å². The standard InChI is InChI=1S/C24H31ClN2O2S.C6H15N/c1-5-6-11-26-23-16-19(17(2)3)14-20-15-21(25)7-8-22(20)24(23)18-9-12-27(13-10-18)30(4,28)29;1-3-5-7-6-4-2/h5-8,11,14-15,17-18,24H,1,9-10,12-13,16H2,2-4H3;7H,3-6H2,1-2H3/b11-6-,26-23?;. The Morgan fingerprint density at radius 2 is 1.84 bits per heavy atom. The zero-order valence-electron chi connectivity index (χ0n) is 23.3. The zero-order valence-corrected chi connectivity index (χ0v) is 24.9. The van der Waals surface area contributed by atoms with Crippen molar-refractivity contribution in [2.45, 2.75) is 65.7 Å². The lowest BCUT2D eigenvalue weighted by Crippen LogP contribution is -2.40. The van der Waals surface area contributed by atoms with Crippen molar-refractivity contribution >= 4 is 33.4 Å². The number of allylic oxidation sites excluding steroid dienone is 3. The molecule has 1 aliphatic heterocycles. The third kappa shape index (κ3) is 9.82. The Hall–Kier alpha value is -1.73. The van der Waals surface area contributed by atoms with Crippen molar-refractivity contribution in [1.82, 2.24) is 9.62 Å². The van der Waals surface area contributed by atoms with Crippen LogP contribution in [0.15, 0.2) is 53.7 Å². The van der Waals surface area contributed by atoms with Crippen molar-refractivity contribution in [1.29, 1.82) is 0 Å². The minimum absolute atomic E-state index is 0.140. The second-order valence-corrected chi connectivity index (χ2v) is 12.7. The second-order valence-electron chi connectivity index (χ2n) is 10.2. The van der Waals surface area contributed by atoms with Gasteiger partial charge in [-0.15, -0.1) is 0 Å². The smallest absolute Gasteiger partial charge is 0.211 e. The molecule has 1 N–H and O–H groups in total. The number of nitrogens with zero attached hydrogens (tertiary/aromatic N) is 2. The van der Waals surface area contributed by atoms with Crippen molar-refractivity contribution < 1.29 is 8.42 Å². The van der Waals surface area contributed by atoms with Crippen LogP contribution in [0.4, 0.5) is 0 Å². The molecule has 1 fully saturated rings. The highest BCUT2D eigenvalue weighted by atomic mass is 35.5. The van der Waals surface area contributed by atoms with Crippen molar-refractivity contribution in [3.63, 3.8) is 0 Å². The summed E-state index contributed by atoms with van der Waals surface area (Å²) in [6.45, 7) is 16.0. The van der Waals surface area contributed by atoms with E-state index in [0.717, 1.165) is 35.6 Å². The SMILES string of the molecule is C=C/C=C\N=C1CC(C(C)C)=Cc2cc(Cl)ccc2C1C1CCN(S(C)(=O)=O)CC1.CCCNCCC. The average molecular weight is 548 g/mol. The molecule has 1 aromatic carbocycles. The van der Waals surface area contributed by atoms with Crippen LogP contribution in [0.25, 0.3) is 6.08 Å². The Bertz CT molecular complexity index is 1060. The van der Waals surface area contributed by atoms with Gasteiger partial charge in [0.25, 0.3) is 0 Å². The van der Waals surface area contributed by atoms with Gasteiger partial charge in [0.05, 0.1) is 6.26 Å². The molecule has 0 radical (unpaired) electrons. The summed E-state index contributed by atoms with van der Waals surface area (Å²) < 4.78 is 25.5. The number of hydrogen-bond acceptors (Lipinski definition) is 4. The highest BCUT2D eigenvalue weighted by molar-refractivity contribution is 7.88. The summed E-state index contributed by atoms with van der Waals surface area (Å²) in [7, 11) is -3.15. The minimum atomic E-state index is -3.15. The van der Waals surface area contributed by atoms with Gasteiger partial charge in [-0.25, -0.2) is 12.7 Å². The molecule has 3 rings (SSSR count). The van der Waals surface area contributed by atoms with Crippen molar-refractivity contribution in [2.24, 2.45) is 16.8 Å². The normalized spacial score (nSPS) is 20.4. The molecule has 1 heterocycles. The lowest BCUT2D eigenvalue weighted by Gasteiger charge is -2.36. The fourth-order valence-corrected chi connectivity index (χ4v) is 6.00. The van der Waals surface area contributed by atoms with Crippen LogP contribution in [0, 0.1) is 11.8 Å². The van der Waals surface area contributed by atoms with Gasteiger partial charge in [0.1, 0.15) is 0 Å². The Morgan fingerprint density at radius 3 is 2.38 bits per heavy atom. The Balaban J connectivity index is 0.000000604. The van der Waals surface area contributed by atoms with E-state index in [4.69, 9.17) is 16.6 Å². The summed E-state index contributed by atoms with van der Waals surface area (Å²) in [5.41, 5.74) is 4.85. The number of piperidine rings is 1. The minimum Gasteiger partial charge on any atom is -0.317 e. The summed E-state index contributed by atoms with van der Waals surface area (Å²) in [6, 6.07) is 6.11. The van der Waals surface area contributed by atoms with Gasteiger partial charge in [-0.05, 0) is 79.9 Å². The number of nitrogens with one attached hydrogen (secondary N) is 1. The van der Waals surface area contributed by atoms with Crippen LogP contribution in [-0.2, 0) is 10.0 Å². The summed E-state index contributed by atoms with van der Waals surface area (Å²) in [4.78, 5) is 4.87. The number of halogens is 1. The molecule has 37 heavy (non-hydrogen) atoms. The van der Waals surface area contributed by atoms with E-state index < -0.39 is 10.0 Å². The van der Waals surface area contributed by atoms with Gasteiger partial charge in [0, 0.05) is 42.4 Å². The maximum Gasteiger partial charge on any atom is 0.211 e. The maximum absolute atomic E-state index is 12.0. The van der Waals surface area contributed by atoms with Crippen LogP contribution < -0.4 is 5.32 Å². The Morgan fingerprint density at radius 1 is 1.19 bits per heavy atom. The molecule has 1 atom stereocenters. The molecular weight excluding hydrogens is 502 g/mol. The van der Waals surface area contributed by atoms with Gasteiger partial charge in [-0.3, -0.25) is 4.99 Å². The Labute approximate surface area is 230 Å². The lowest BCUT2D eigenvalue weighted by atomic mass is 9.76. The monoisotopic (exact) mass is 547 g/mol. The first-order chi connectivity index (χ1) is 17.6. The van der Waals surface area contributed by atoms with Crippen LogP contribution in [0.1, 0.15) is 76.8 Å². The van der Waals surface area contributed by atoms with Crippen LogP contribution in [-0.4, -0.2) is 50.9 Å². The van der Waals surface area contributed by atoms with Crippen molar-refractivity contribution in [3.8, 4) is 0 Å². The zero-order chi connectivity index (χ0) is 27.4. The first-order valence-electron chi connectivity index (χ1n) is 13.6. The van der Waals surface area contributed by atoms with Gasteiger partial charge in [0.2, 0.25) is 10.0 Å². The predicted octanol–water partition coefficient (Wildman–Crippen LogP) is 7.08. The number of rotatable bonds is 9. The molecule has 0 bridgehead atoms. The fraction of sp³-hybridized carbons (Fsp3) is 0.567. The van der Waals surface area contributed by atoms with Crippen LogP contribution in [0.3, 0.4) is 0 Å². The van der Waals surface area contributed by atoms with Crippen LogP contribution in [0.5, 0.6) is 0 Å². The van der Waals surface area contributed by atoms with Crippen LogP contribution >= 0.6 is 11.6 Å². The average Bonchev–Trinajstić information content (AvgIpc) is 3.01. The molecule has 0 saturated carbocycles. The molecule has 1 saturated heterocycles. The Kier molecular flexibility index (Phi) is 13.3. The molecule has 1 unspecified atom stereocenters. The topological polar surface area (TPSA) is 61.8 Å². The molecular formula is C30H46ClN3O2S. The van der Waals surface area contributed by atoms with E-state index in [1.807, 2.05) is 24.4 Å². The van der Waals surface area contributed by atoms with Gasteiger partial charge < -0.3 is 5.32 Å². The van der Waals surface area contributed by atoms with E-state index in [1.54, 1.807) is 10.4 Å². The number of hydrogen-bond donors (Lipinski definition) is 1. The third-order valence-electron chi connectivity index (χ3n) is 6.97. The number of aliphatic imine (C=N–C) groups is 1. The van der Waals surface area contributed by atoms with Crippen LogP contribution in [0.2, 0.25) is 5.02 Å². The van der Waals surface area contributed by atoms with Gasteiger partial charge in [-0.1, -0.05) is 69.7 Å². The quantitative estimate of drug-likeness (QED) is 0.265. The van der Waals surface area contributed by atoms with Crippen molar-refractivity contribution in [3.05, 3.63) is 64.9 Å². The molecule has 5 nitrogen and oxygen atoms in total. The molecule has 206 valence electrons. The third-order valence-corrected chi connectivity index (χ3v) is 8.50. The van der Waals surface area contributed by atoms with E-state index in [-0.39, 0.29) is 5.92 Å². The number of fused-ring (bicyclic) bond motifs is 1. The molecule has 1 aromatic rings. The van der Waals surface area contributed by atoms with E-state index in [2.05, 4.69) is 51.7 Å². The van der Waals surface area contributed by atoms with Gasteiger partial charge in [-0.2, -0.15) is 0 Å². The summed E-state index contributed by atoms with van der Waals surface area (Å²) in [5, 5.41) is 4.01. The van der Waals surface area contributed by atoms with Gasteiger partial charge >= 0.3 is 0 Å². The first-order valence-corrected chi connectivity index (χ1v) is 15.8. The maximum atomic E-state index is 12.0. The predicted molar refractivity (Wildman–Crippen MR) is 161 cm³/mol. The molecule has 2 aliphatic rings. The van der Waals surface area contributed by atoms with E-state index in [0.29, 0.717) is 24.9 Å². The molecule has 1 aliphatic carbocycles. The molecule has 0 amide bonds. The highest BCUT2D eigenvalue weighted by Crippen LogP contribution is 2.42. The van der Waals surface area contributed by atoms with E-state index in [1.165, 1.54) is 43.3 Å².